The van der Waals surface area contributed by atoms with Crippen molar-refractivity contribution < 1.29 is 4.79 Å². The lowest BCUT2D eigenvalue weighted by Crippen LogP contribution is -2.33. The third-order valence-electron chi connectivity index (χ3n) is 5.42. The number of benzene rings is 2. The first kappa shape index (κ1) is 23.0. The molecule has 1 N–H and O–H groups in total. The fourth-order valence-corrected chi connectivity index (χ4v) is 6.58. The van der Waals surface area contributed by atoms with Crippen LogP contribution in [0.3, 0.4) is 0 Å². The van der Waals surface area contributed by atoms with Crippen LogP contribution in [0.1, 0.15) is 28.0 Å². The van der Waals surface area contributed by atoms with Gasteiger partial charge < -0.3 is 5.32 Å². The fourth-order valence-electron chi connectivity index (χ4n) is 3.86. The number of amides is 1. The highest BCUT2D eigenvalue weighted by atomic mass is 32.2. The van der Waals surface area contributed by atoms with E-state index in [1.807, 2.05) is 49.8 Å². The van der Waals surface area contributed by atoms with Gasteiger partial charge in [-0.1, -0.05) is 72.8 Å². The molecule has 3 nitrogen and oxygen atoms in total. The first-order valence-electron chi connectivity index (χ1n) is 10.4. The van der Waals surface area contributed by atoms with Crippen molar-refractivity contribution in [3.8, 4) is 0 Å². The number of carbonyl (C=O) groups excluding carboxylic acids is 1. The van der Waals surface area contributed by atoms with Gasteiger partial charge >= 0.3 is 0 Å². The van der Waals surface area contributed by atoms with E-state index in [4.69, 9.17) is 0 Å². The summed E-state index contributed by atoms with van der Waals surface area (Å²) in [4.78, 5) is 19.4. The predicted octanol–water partition coefficient (Wildman–Crippen LogP) is 6.97. The van der Waals surface area contributed by atoms with E-state index < -0.39 is 0 Å². The Morgan fingerprint density at radius 3 is 2.22 bits per heavy atom. The highest BCUT2D eigenvalue weighted by molar-refractivity contribution is 8.01. The predicted molar refractivity (Wildman–Crippen MR) is 140 cm³/mol. The van der Waals surface area contributed by atoms with Gasteiger partial charge in [-0.3, -0.25) is 4.79 Å². The first-order valence-corrected chi connectivity index (χ1v) is 13.8. The first-order chi connectivity index (χ1) is 15.6. The second kappa shape index (κ2) is 10.6. The molecule has 6 heteroatoms. The van der Waals surface area contributed by atoms with Crippen LogP contribution in [0.5, 0.6) is 0 Å². The van der Waals surface area contributed by atoms with Crippen molar-refractivity contribution in [3.05, 3.63) is 95.7 Å². The molecule has 3 atom stereocenters. The average Bonchev–Trinajstić information content (AvgIpc) is 2.85. The lowest BCUT2D eigenvalue weighted by molar-refractivity contribution is -0.115. The van der Waals surface area contributed by atoms with Crippen LogP contribution in [0.2, 0.25) is 0 Å². The Hall–Kier alpha value is -2.15. The van der Waals surface area contributed by atoms with E-state index in [-0.39, 0.29) is 22.3 Å². The van der Waals surface area contributed by atoms with Gasteiger partial charge in [-0.15, -0.1) is 35.3 Å². The largest absolute Gasteiger partial charge is 0.322 e. The van der Waals surface area contributed by atoms with Crippen LogP contribution in [0.4, 0.5) is 5.69 Å². The van der Waals surface area contributed by atoms with Crippen molar-refractivity contribution in [1.82, 2.24) is 4.98 Å². The van der Waals surface area contributed by atoms with Gasteiger partial charge in [0.25, 0.3) is 0 Å². The molecule has 2 heterocycles. The number of carbonyl (C=O) groups is 1. The highest BCUT2D eigenvalue weighted by Gasteiger charge is 2.35. The number of thioether (sulfide) groups is 3. The molecule has 32 heavy (non-hydrogen) atoms. The van der Waals surface area contributed by atoms with E-state index in [9.17, 15) is 4.79 Å². The molecular weight excluding hydrogens is 453 g/mol. The minimum atomic E-state index is -0.252. The molecule has 0 radical (unpaired) electrons. The molecule has 4 rings (SSSR count). The quantitative estimate of drug-likeness (QED) is 0.306. The van der Waals surface area contributed by atoms with Crippen LogP contribution in [0.25, 0.3) is 0 Å². The van der Waals surface area contributed by atoms with Gasteiger partial charge in [0.05, 0.1) is 10.9 Å². The van der Waals surface area contributed by atoms with Gasteiger partial charge in [0, 0.05) is 21.8 Å². The van der Waals surface area contributed by atoms with Crippen molar-refractivity contribution in [2.45, 2.75) is 33.3 Å². The zero-order valence-corrected chi connectivity index (χ0v) is 20.8. The average molecular weight is 479 g/mol. The Labute approximate surface area is 202 Å². The number of anilines is 1. The molecule has 0 saturated carbocycles. The molecule has 3 aromatic rings. The number of hydrogen-bond donors (Lipinski definition) is 1. The number of aryl methyl sites for hydroxylation is 1. The number of nitrogens with zero attached hydrogens (tertiary/aromatic N) is 1. The van der Waals surface area contributed by atoms with Crippen molar-refractivity contribution in [2.75, 3.05) is 17.8 Å². The van der Waals surface area contributed by atoms with Crippen molar-refractivity contribution in [2.24, 2.45) is 0 Å². The zero-order valence-electron chi connectivity index (χ0n) is 18.3. The molecule has 0 saturated heterocycles. The zero-order chi connectivity index (χ0) is 22.5. The lowest BCUT2D eigenvalue weighted by Gasteiger charge is -2.31. The summed E-state index contributed by atoms with van der Waals surface area (Å²) in [6.45, 7) is 1.99. The minimum absolute atomic E-state index is 0.00929. The molecule has 1 aromatic heterocycles. The summed E-state index contributed by atoms with van der Waals surface area (Å²) in [5.74, 6) is 0.0282. The maximum atomic E-state index is 13.7. The van der Waals surface area contributed by atoms with E-state index >= 15 is 0 Å². The van der Waals surface area contributed by atoms with E-state index in [2.05, 4.69) is 58.9 Å². The Morgan fingerprint density at radius 2 is 1.59 bits per heavy atom. The summed E-state index contributed by atoms with van der Waals surface area (Å²) in [6.07, 6.45) is 8.46. The maximum Gasteiger partial charge on any atom is 0.238 e. The van der Waals surface area contributed by atoms with Gasteiger partial charge in [0.1, 0.15) is 5.03 Å². The van der Waals surface area contributed by atoms with Gasteiger partial charge in [-0.05, 0) is 36.6 Å². The molecule has 1 aliphatic heterocycles. The number of allylic oxidation sites excluding steroid dienone is 1. The standard InChI is InChI=1S/C26H26N2OS3/c1-17-16-22(30-2)23(26(27-17)31-3)28-25(29)24-20(18-10-6-4-7-11-18)14-15-21(32-24)19-12-8-5-9-13-19/h4-16,20-21,24H,1-3H3,(H,28,29). The third-order valence-corrected chi connectivity index (χ3v) is 8.39. The number of aromatic nitrogens is 1. The molecule has 2 aromatic carbocycles. The van der Waals surface area contributed by atoms with Gasteiger partial charge in [0.15, 0.2) is 0 Å². The van der Waals surface area contributed by atoms with Gasteiger partial charge in [-0.25, -0.2) is 4.98 Å². The Kier molecular flexibility index (Phi) is 7.66. The second-order valence-electron chi connectivity index (χ2n) is 7.55. The van der Waals surface area contributed by atoms with Gasteiger partial charge in [0.2, 0.25) is 5.91 Å². The third kappa shape index (κ3) is 5.08. The normalized spacial score (nSPS) is 20.2. The van der Waals surface area contributed by atoms with E-state index in [0.717, 1.165) is 26.9 Å². The molecule has 0 bridgehead atoms. The minimum Gasteiger partial charge on any atom is -0.322 e. The summed E-state index contributed by atoms with van der Waals surface area (Å²) in [6, 6.07) is 22.7. The Morgan fingerprint density at radius 1 is 0.938 bits per heavy atom. The maximum absolute atomic E-state index is 13.7. The van der Waals surface area contributed by atoms with Crippen LogP contribution >= 0.6 is 35.3 Å². The summed E-state index contributed by atoms with van der Waals surface area (Å²) in [5.41, 5.74) is 4.14. The highest BCUT2D eigenvalue weighted by Crippen LogP contribution is 2.45. The monoisotopic (exact) mass is 478 g/mol. The smallest absolute Gasteiger partial charge is 0.238 e. The van der Waals surface area contributed by atoms with E-state index in [0.29, 0.717) is 0 Å². The molecule has 0 fully saturated rings. The van der Waals surface area contributed by atoms with Crippen LogP contribution < -0.4 is 5.32 Å². The van der Waals surface area contributed by atoms with E-state index in [1.165, 1.54) is 5.56 Å². The van der Waals surface area contributed by atoms with Crippen LogP contribution in [0.15, 0.2) is 88.8 Å². The number of nitrogens with one attached hydrogen (secondary N) is 1. The van der Waals surface area contributed by atoms with Crippen molar-refractivity contribution in [1.29, 1.82) is 0 Å². The molecule has 1 aliphatic rings. The number of hydrogen-bond acceptors (Lipinski definition) is 5. The van der Waals surface area contributed by atoms with Gasteiger partial charge in [-0.2, -0.15) is 0 Å². The Balaban J connectivity index is 1.68. The topological polar surface area (TPSA) is 42.0 Å². The molecule has 164 valence electrons. The SMILES string of the molecule is CSc1cc(C)nc(SC)c1NC(=O)C1SC(c2ccccc2)C=CC1c1ccccc1. The van der Waals surface area contributed by atoms with Crippen LogP contribution in [0, 0.1) is 6.92 Å². The lowest BCUT2D eigenvalue weighted by atomic mass is 9.93. The van der Waals surface area contributed by atoms with Crippen molar-refractivity contribution >= 4 is 46.9 Å². The summed E-state index contributed by atoms with van der Waals surface area (Å²) in [7, 11) is 0. The van der Waals surface area contributed by atoms with Crippen LogP contribution in [-0.2, 0) is 4.79 Å². The molecule has 0 aliphatic carbocycles. The van der Waals surface area contributed by atoms with Crippen molar-refractivity contribution in [3.63, 3.8) is 0 Å². The number of rotatable bonds is 6. The second-order valence-corrected chi connectivity index (χ2v) is 10.5. The fraction of sp³-hybridized carbons (Fsp3) is 0.231. The molecular formula is C26H26N2OS3. The summed E-state index contributed by atoms with van der Waals surface area (Å²) in [5, 5.41) is 4.00. The Bertz CT molecular complexity index is 1080. The molecule has 3 unspecified atom stereocenters. The molecule has 1 amide bonds. The molecule has 0 spiro atoms. The van der Waals surface area contributed by atoms with Crippen LogP contribution in [-0.4, -0.2) is 28.7 Å². The summed E-state index contributed by atoms with van der Waals surface area (Å²) >= 11 is 4.91. The number of pyridine rings is 1. The summed E-state index contributed by atoms with van der Waals surface area (Å²) < 4.78 is 0. The van der Waals surface area contributed by atoms with E-state index in [1.54, 1.807) is 35.3 Å².